The molecular weight excluding hydrogens is 362 g/mol. The van der Waals surface area contributed by atoms with E-state index in [4.69, 9.17) is 0 Å². The van der Waals surface area contributed by atoms with E-state index >= 15 is 0 Å². The van der Waals surface area contributed by atoms with E-state index in [0.717, 1.165) is 5.56 Å². The summed E-state index contributed by atoms with van der Waals surface area (Å²) in [6, 6.07) is 16.4. The number of amidine groups is 1. The Morgan fingerprint density at radius 2 is 1.81 bits per heavy atom. The highest BCUT2D eigenvalue weighted by molar-refractivity contribution is 8.15. The Labute approximate surface area is 161 Å². The van der Waals surface area contributed by atoms with Crippen LogP contribution in [0.1, 0.15) is 29.3 Å². The van der Waals surface area contributed by atoms with Crippen molar-refractivity contribution in [3.63, 3.8) is 0 Å². The lowest BCUT2D eigenvalue weighted by atomic mass is 10.1. The molecule has 2 amide bonds. The minimum Gasteiger partial charge on any atom is -0.326 e. The highest BCUT2D eigenvalue weighted by Gasteiger charge is 2.31. The second-order valence-electron chi connectivity index (χ2n) is 6.09. The third kappa shape index (κ3) is 5.27. The van der Waals surface area contributed by atoms with Crippen LogP contribution in [0.3, 0.4) is 0 Å². The van der Waals surface area contributed by atoms with Crippen LogP contribution in [0.5, 0.6) is 0 Å². The molecule has 3 rings (SSSR count). The molecule has 1 atom stereocenters. The molecule has 1 fully saturated rings. The molecule has 27 heavy (non-hydrogen) atoms. The summed E-state index contributed by atoms with van der Waals surface area (Å²) in [6.45, 7) is 1.96. The van der Waals surface area contributed by atoms with Crippen LogP contribution >= 0.6 is 11.8 Å². The van der Waals surface area contributed by atoms with Crippen LogP contribution in [0.2, 0.25) is 0 Å². The van der Waals surface area contributed by atoms with Crippen LogP contribution in [-0.2, 0) is 16.1 Å². The maximum Gasteiger partial charge on any atom is 0.240 e. The summed E-state index contributed by atoms with van der Waals surface area (Å²) in [7, 11) is 0. The van der Waals surface area contributed by atoms with Gasteiger partial charge in [-0.05, 0) is 36.8 Å². The highest BCUT2D eigenvalue weighted by Crippen LogP contribution is 2.23. The zero-order chi connectivity index (χ0) is 19.2. The number of nitrogens with one attached hydrogen (secondary N) is 2. The van der Waals surface area contributed by atoms with E-state index in [1.807, 2.05) is 30.3 Å². The van der Waals surface area contributed by atoms with Crippen molar-refractivity contribution >= 4 is 40.2 Å². The van der Waals surface area contributed by atoms with Gasteiger partial charge in [-0.25, -0.2) is 0 Å². The predicted octanol–water partition coefficient (Wildman–Crippen LogP) is 3.01. The van der Waals surface area contributed by atoms with Crippen molar-refractivity contribution < 1.29 is 14.4 Å². The number of carbonyl (C=O) groups is 3. The number of ketones is 1. The van der Waals surface area contributed by atoms with Gasteiger partial charge >= 0.3 is 0 Å². The normalized spacial score (nSPS) is 17.6. The number of thioether (sulfide) groups is 1. The maximum atomic E-state index is 12.2. The minimum absolute atomic E-state index is 0.0331. The summed E-state index contributed by atoms with van der Waals surface area (Å²) < 4.78 is 0. The third-order valence-electron chi connectivity index (χ3n) is 3.97. The zero-order valence-electron chi connectivity index (χ0n) is 14.8. The van der Waals surface area contributed by atoms with Gasteiger partial charge in [0, 0.05) is 17.7 Å². The number of nitrogens with zero attached hydrogens (tertiary/aromatic N) is 1. The fraction of sp³-hybridized carbons (Fsp3) is 0.200. The summed E-state index contributed by atoms with van der Waals surface area (Å²) in [6.07, 6.45) is 0.0509. The monoisotopic (exact) mass is 381 g/mol. The molecule has 7 heteroatoms. The Balaban J connectivity index is 1.53. The van der Waals surface area contributed by atoms with Crippen LogP contribution in [0.15, 0.2) is 59.6 Å². The number of benzene rings is 2. The Hall–Kier alpha value is -2.93. The average molecular weight is 381 g/mol. The molecule has 0 radical (unpaired) electrons. The number of rotatable bonds is 6. The lowest BCUT2D eigenvalue weighted by Crippen LogP contribution is -2.28. The lowest BCUT2D eigenvalue weighted by molar-refractivity contribution is -0.122. The van der Waals surface area contributed by atoms with Gasteiger partial charge in [0.05, 0.1) is 6.54 Å². The van der Waals surface area contributed by atoms with Gasteiger partial charge in [-0.3, -0.25) is 19.4 Å². The number of anilines is 1. The molecule has 138 valence electrons. The van der Waals surface area contributed by atoms with Gasteiger partial charge in [-0.15, -0.1) is 0 Å². The summed E-state index contributed by atoms with van der Waals surface area (Å²) in [4.78, 5) is 40.0. The number of carbonyl (C=O) groups excluding carboxylic acids is 3. The second kappa shape index (κ2) is 8.64. The molecule has 2 aromatic rings. The summed E-state index contributed by atoms with van der Waals surface area (Å²) in [5, 5.41) is 5.50. The van der Waals surface area contributed by atoms with Gasteiger partial charge in [0.15, 0.2) is 11.0 Å². The van der Waals surface area contributed by atoms with E-state index in [2.05, 4.69) is 15.6 Å². The fourth-order valence-corrected chi connectivity index (χ4v) is 3.50. The molecule has 0 saturated carbocycles. The number of hydrogen-bond donors (Lipinski definition) is 2. The predicted molar refractivity (Wildman–Crippen MR) is 107 cm³/mol. The van der Waals surface area contributed by atoms with Crippen molar-refractivity contribution in [2.75, 3.05) is 5.32 Å². The minimum atomic E-state index is -0.504. The van der Waals surface area contributed by atoms with E-state index in [9.17, 15) is 14.4 Å². The first-order valence-electron chi connectivity index (χ1n) is 8.48. The average Bonchev–Trinajstić information content (AvgIpc) is 3.00. The molecule has 0 spiro atoms. The molecule has 1 aliphatic heterocycles. The quantitative estimate of drug-likeness (QED) is 0.753. The Kier molecular flexibility index (Phi) is 6.03. The van der Waals surface area contributed by atoms with Crippen LogP contribution < -0.4 is 10.6 Å². The lowest BCUT2D eigenvalue weighted by Gasteiger charge is -2.07. The van der Waals surface area contributed by atoms with Crippen LogP contribution in [0.4, 0.5) is 5.69 Å². The SMILES string of the molecule is CC(=O)c1ccc(NC(=O)CC2SC(=NCc3ccccc3)NC2=O)cc1. The summed E-state index contributed by atoms with van der Waals surface area (Å²) in [5.74, 6) is -0.509. The molecule has 0 aliphatic carbocycles. The van der Waals surface area contributed by atoms with Crippen molar-refractivity contribution in [1.29, 1.82) is 0 Å². The number of hydrogen-bond acceptors (Lipinski definition) is 5. The van der Waals surface area contributed by atoms with Gasteiger partial charge in [0.2, 0.25) is 11.8 Å². The van der Waals surface area contributed by atoms with Gasteiger partial charge in [0.25, 0.3) is 0 Å². The van der Waals surface area contributed by atoms with Crippen molar-refractivity contribution in [2.45, 2.75) is 25.1 Å². The van der Waals surface area contributed by atoms with Crippen molar-refractivity contribution in [1.82, 2.24) is 5.32 Å². The highest BCUT2D eigenvalue weighted by atomic mass is 32.2. The number of amides is 2. The molecule has 2 N–H and O–H groups in total. The summed E-state index contributed by atoms with van der Waals surface area (Å²) >= 11 is 1.27. The Morgan fingerprint density at radius 3 is 2.48 bits per heavy atom. The van der Waals surface area contributed by atoms with E-state index in [-0.39, 0.29) is 24.0 Å². The van der Waals surface area contributed by atoms with Crippen LogP contribution in [-0.4, -0.2) is 28.0 Å². The molecule has 1 saturated heterocycles. The molecule has 6 nitrogen and oxygen atoms in total. The molecular formula is C20H19N3O3S. The summed E-state index contributed by atoms with van der Waals surface area (Å²) in [5.41, 5.74) is 2.22. The number of aliphatic imine (C=N–C) groups is 1. The number of Topliss-reactive ketones (excluding diaryl/α,β-unsaturated/α-hetero) is 1. The molecule has 1 aliphatic rings. The van der Waals surface area contributed by atoms with Gasteiger partial charge < -0.3 is 10.6 Å². The van der Waals surface area contributed by atoms with E-state index in [1.165, 1.54) is 18.7 Å². The van der Waals surface area contributed by atoms with E-state index < -0.39 is 5.25 Å². The van der Waals surface area contributed by atoms with Gasteiger partial charge in [-0.2, -0.15) is 0 Å². The van der Waals surface area contributed by atoms with Crippen LogP contribution in [0.25, 0.3) is 0 Å². The first-order valence-corrected chi connectivity index (χ1v) is 9.36. The largest absolute Gasteiger partial charge is 0.326 e. The first kappa shape index (κ1) is 18.8. The maximum absolute atomic E-state index is 12.2. The second-order valence-corrected chi connectivity index (χ2v) is 7.28. The third-order valence-corrected chi connectivity index (χ3v) is 5.09. The fourth-order valence-electron chi connectivity index (χ4n) is 2.53. The topological polar surface area (TPSA) is 87.6 Å². The van der Waals surface area contributed by atoms with E-state index in [1.54, 1.807) is 24.3 Å². The smallest absolute Gasteiger partial charge is 0.240 e. The Morgan fingerprint density at radius 1 is 1.11 bits per heavy atom. The molecule has 1 heterocycles. The van der Waals surface area contributed by atoms with Gasteiger partial charge in [0.1, 0.15) is 5.25 Å². The van der Waals surface area contributed by atoms with Crippen molar-refractivity contribution in [3.05, 3.63) is 65.7 Å². The van der Waals surface area contributed by atoms with E-state index in [0.29, 0.717) is 23.0 Å². The molecule has 0 bridgehead atoms. The Bertz CT molecular complexity index is 879. The molecule has 0 aromatic heterocycles. The standard InChI is InChI=1S/C20H19N3O3S/c1-13(24)15-7-9-16(10-8-15)22-18(25)11-17-19(26)23-20(27-17)21-12-14-5-3-2-4-6-14/h2-10,17H,11-12H2,1H3,(H,22,25)(H,21,23,26). The first-order chi connectivity index (χ1) is 13.0. The van der Waals surface area contributed by atoms with Crippen LogP contribution in [0, 0.1) is 0 Å². The molecule has 2 aromatic carbocycles. The van der Waals surface area contributed by atoms with Crippen molar-refractivity contribution in [2.24, 2.45) is 4.99 Å². The van der Waals surface area contributed by atoms with Gasteiger partial charge in [-0.1, -0.05) is 42.1 Å². The molecule has 1 unspecified atom stereocenters. The zero-order valence-corrected chi connectivity index (χ0v) is 15.6. The van der Waals surface area contributed by atoms with Crippen molar-refractivity contribution in [3.8, 4) is 0 Å².